The number of aliphatic hydroxyl groups is 1. The molecule has 8 nitrogen and oxygen atoms in total. The van der Waals surface area contributed by atoms with Gasteiger partial charge in [-0.1, -0.05) is 11.6 Å². The van der Waals surface area contributed by atoms with Gasteiger partial charge in [-0.15, -0.1) is 0 Å². The molecule has 0 fully saturated rings. The van der Waals surface area contributed by atoms with Crippen LogP contribution in [0.2, 0.25) is 5.02 Å². The van der Waals surface area contributed by atoms with Crippen LogP contribution < -0.4 is 14.4 Å². The van der Waals surface area contributed by atoms with E-state index in [2.05, 4.69) is 5.32 Å². The molecule has 0 aliphatic carbocycles. The predicted octanol–water partition coefficient (Wildman–Crippen LogP) is 1.97. The Morgan fingerprint density at radius 3 is 2.28 bits per heavy atom. The molecule has 158 valence electrons. The van der Waals surface area contributed by atoms with E-state index in [4.69, 9.17) is 21.4 Å². The lowest BCUT2D eigenvalue weighted by Gasteiger charge is -2.27. The fourth-order valence-electron chi connectivity index (χ4n) is 2.48. The number of sulfonamides is 1. The van der Waals surface area contributed by atoms with E-state index in [9.17, 15) is 18.3 Å². The lowest BCUT2D eigenvalue weighted by Crippen LogP contribution is -2.45. The molecule has 10 heteroatoms. The first-order valence-corrected chi connectivity index (χ1v) is 10.5. The predicted molar refractivity (Wildman–Crippen MR) is 110 cm³/mol. The number of carboxylic acid groups (broad SMARTS) is 1. The molecule has 29 heavy (non-hydrogen) atoms. The summed E-state index contributed by atoms with van der Waals surface area (Å²) in [5.74, 6) is -0.520. The zero-order valence-electron chi connectivity index (χ0n) is 15.9. The van der Waals surface area contributed by atoms with Gasteiger partial charge in [-0.2, -0.15) is 0 Å². The van der Waals surface area contributed by atoms with Crippen LogP contribution in [0, 0.1) is 0 Å². The van der Waals surface area contributed by atoms with Gasteiger partial charge in [0.15, 0.2) is 0 Å². The van der Waals surface area contributed by atoms with Crippen molar-refractivity contribution in [1.29, 1.82) is 0 Å². The zero-order valence-corrected chi connectivity index (χ0v) is 17.5. The normalized spacial score (nSPS) is 13.5. The molecule has 2 atom stereocenters. The highest BCUT2D eigenvalue weighted by Crippen LogP contribution is 2.26. The van der Waals surface area contributed by atoms with Crippen molar-refractivity contribution < 1.29 is 28.2 Å². The van der Waals surface area contributed by atoms with Crippen LogP contribution in [0.25, 0.3) is 0 Å². The van der Waals surface area contributed by atoms with Crippen molar-refractivity contribution in [3.63, 3.8) is 0 Å². The second-order valence-corrected chi connectivity index (χ2v) is 8.61. The molecule has 0 bridgehead atoms. The minimum absolute atomic E-state index is 0.0109. The summed E-state index contributed by atoms with van der Waals surface area (Å²) < 4.78 is 32.6. The van der Waals surface area contributed by atoms with Gasteiger partial charge in [0.2, 0.25) is 0 Å². The van der Waals surface area contributed by atoms with Crippen LogP contribution in [0.5, 0.6) is 5.75 Å². The first kappa shape index (κ1) is 23.0. The van der Waals surface area contributed by atoms with Crippen molar-refractivity contribution in [2.45, 2.75) is 24.0 Å². The van der Waals surface area contributed by atoms with Crippen molar-refractivity contribution in [1.82, 2.24) is 5.32 Å². The highest BCUT2D eigenvalue weighted by atomic mass is 35.5. The van der Waals surface area contributed by atoms with E-state index >= 15 is 0 Å². The SMILES string of the molecule is COc1ccc(N(C[C@H](O)CN[C@H](C)C(=O)O)S(=O)(=O)c2ccc(Cl)cc2)cc1. The van der Waals surface area contributed by atoms with Gasteiger partial charge in [0, 0.05) is 11.6 Å². The molecule has 3 N–H and O–H groups in total. The van der Waals surface area contributed by atoms with E-state index < -0.39 is 28.1 Å². The summed E-state index contributed by atoms with van der Waals surface area (Å²) in [6, 6.07) is 11.1. The summed E-state index contributed by atoms with van der Waals surface area (Å²) in [6.07, 6.45) is -1.15. The first-order chi connectivity index (χ1) is 13.6. The first-order valence-electron chi connectivity index (χ1n) is 8.71. The molecular weight excluding hydrogens is 420 g/mol. The van der Waals surface area contributed by atoms with Gasteiger partial charge in [-0.25, -0.2) is 8.42 Å². The number of nitrogens with one attached hydrogen (secondary N) is 1. The van der Waals surface area contributed by atoms with E-state index in [-0.39, 0.29) is 18.0 Å². The van der Waals surface area contributed by atoms with Gasteiger partial charge >= 0.3 is 5.97 Å². The van der Waals surface area contributed by atoms with Crippen molar-refractivity contribution in [2.75, 3.05) is 24.5 Å². The summed E-state index contributed by atoms with van der Waals surface area (Å²) in [6.45, 7) is 1.05. The molecule has 2 aromatic carbocycles. The molecule has 0 heterocycles. The largest absolute Gasteiger partial charge is 0.497 e. The molecular formula is C19H23ClN2O6S. The molecule has 0 aliphatic rings. The van der Waals surface area contributed by atoms with Crippen molar-refractivity contribution >= 4 is 33.3 Å². The molecule has 0 aliphatic heterocycles. The second kappa shape index (κ2) is 9.93. The van der Waals surface area contributed by atoms with Crippen LogP contribution in [0.15, 0.2) is 53.4 Å². The number of carbonyl (C=O) groups is 1. The molecule has 0 saturated carbocycles. The topological polar surface area (TPSA) is 116 Å². The van der Waals surface area contributed by atoms with E-state index in [1.165, 1.54) is 38.3 Å². The van der Waals surface area contributed by atoms with E-state index in [1.54, 1.807) is 24.3 Å². The Balaban J connectivity index is 2.32. The average molecular weight is 443 g/mol. The number of hydrogen-bond acceptors (Lipinski definition) is 6. The Labute approximate surface area is 174 Å². The van der Waals surface area contributed by atoms with Crippen LogP contribution in [-0.2, 0) is 14.8 Å². The third kappa shape index (κ3) is 6.07. The third-order valence-electron chi connectivity index (χ3n) is 4.17. The zero-order chi connectivity index (χ0) is 21.6. The Kier molecular flexibility index (Phi) is 7.86. The lowest BCUT2D eigenvalue weighted by molar-refractivity contribution is -0.139. The fraction of sp³-hybridized carbons (Fsp3) is 0.316. The van der Waals surface area contributed by atoms with Crippen molar-refractivity contribution in [3.8, 4) is 5.75 Å². The summed E-state index contributed by atoms with van der Waals surface area (Å²) in [7, 11) is -2.51. The molecule has 0 saturated heterocycles. The van der Waals surface area contributed by atoms with Gasteiger partial charge in [0.1, 0.15) is 11.8 Å². The van der Waals surface area contributed by atoms with Gasteiger partial charge in [-0.3, -0.25) is 9.10 Å². The third-order valence-corrected chi connectivity index (χ3v) is 6.23. The van der Waals surface area contributed by atoms with Crippen LogP contribution >= 0.6 is 11.6 Å². The number of carboxylic acids is 1. The summed E-state index contributed by atoms with van der Waals surface area (Å²) in [5.41, 5.74) is 0.325. The van der Waals surface area contributed by atoms with Gasteiger partial charge in [0.25, 0.3) is 10.0 Å². The van der Waals surface area contributed by atoms with E-state index in [0.29, 0.717) is 16.5 Å². The van der Waals surface area contributed by atoms with Crippen LogP contribution in [0.4, 0.5) is 5.69 Å². The number of hydrogen-bond donors (Lipinski definition) is 3. The number of benzene rings is 2. The van der Waals surface area contributed by atoms with Crippen molar-refractivity contribution in [2.24, 2.45) is 0 Å². The number of halogens is 1. The summed E-state index contributed by atoms with van der Waals surface area (Å²) >= 11 is 5.85. The highest BCUT2D eigenvalue weighted by molar-refractivity contribution is 7.92. The Hall–Kier alpha value is -2.33. The number of ether oxygens (including phenoxy) is 1. The van der Waals surface area contributed by atoms with E-state index in [0.717, 1.165) is 4.31 Å². The number of anilines is 1. The van der Waals surface area contributed by atoms with Gasteiger partial charge < -0.3 is 20.3 Å². The quantitative estimate of drug-likeness (QED) is 0.515. The maximum absolute atomic E-state index is 13.2. The number of aliphatic hydroxyl groups excluding tert-OH is 1. The highest BCUT2D eigenvalue weighted by Gasteiger charge is 2.27. The monoisotopic (exact) mass is 442 g/mol. The van der Waals surface area contributed by atoms with E-state index in [1.807, 2.05) is 0 Å². The standard InChI is InChI=1S/C19H23ClN2O6S/c1-13(19(24)25)21-11-16(23)12-22(15-5-7-17(28-2)8-6-15)29(26,27)18-9-3-14(20)4-10-18/h3-10,13,16,21,23H,11-12H2,1-2H3,(H,24,25)/t13-,16-/m1/s1. The molecule has 0 spiro atoms. The van der Waals surface area contributed by atoms with Gasteiger partial charge in [0.05, 0.1) is 30.3 Å². The Morgan fingerprint density at radius 1 is 1.17 bits per heavy atom. The summed E-state index contributed by atoms with van der Waals surface area (Å²) in [4.78, 5) is 10.9. The molecule has 0 unspecified atom stereocenters. The maximum atomic E-state index is 13.2. The lowest BCUT2D eigenvalue weighted by atomic mass is 10.2. The second-order valence-electron chi connectivity index (χ2n) is 6.31. The van der Waals surface area contributed by atoms with Gasteiger partial charge in [-0.05, 0) is 55.5 Å². The van der Waals surface area contributed by atoms with Crippen LogP contribution in [-0.4, -0.2) is 56.9 Å². The Bertz CT molecular complexity index is 919. The minimum Gasteiger partial charge on any atom is -0.497 e. The average Bonchev–Trinajstić information content (AvgIpc) is 2.70. The van der Waals surface area contributed by atoms with Crippen LogP contribution in [0.3, 0.4) is 0 Å². The number of nitrogens with zero attached hydrogens (tertiary/aromatic N) is 1. The number of rotatable bonds is 10. The smallest absolute Gasteiger partial charge is 0.320 e. The molecule has 2 aromatic rings. The fourth-order valence-corrected chi connectivity index (χ4v) is 4.11. The van der Waals surface area contributed by atoms with Crippen molar-refractivity contribution in [3.05, 3.63) is 53.6 Å². The summed E-state index contributed by atoms with van der Waals surface area (Å²) in [5, 5.41) is 22.3. The molecule has 2 rings (SSSR count). The number of aliphatic carboxylic acids is 1. The van der Waals surface area contributed by atoms with Crippen LogP contribution in [0.1, 0.15) is 6.92 Å². The molecule has 0 radical (unpaired) electrons. The maximum Gasteiger partial charge on any atom is 0.320 e. The molecule has 0 aromatic heterocycles. The minimum atomic E-state index is -4.01. The number of methoxy groups -OCH3 is 1. The molecule has 0 amide bonds. The Morgan fingerprint density at radius 2 is 1.76 bits per heavy atom.